The zero-order chi connectivity index (χ0) is 12.7. The molecule has 0 aliphatic heterocycles. The first-order valence-corrected chi connectivity index (χ1v) is 5.84. The summed E-state index contributed by atoms with van der Waals surface area (Å²) in [7, 11) is 1.92. The van der Waals surface area contributed by atoms with Gasteiger partial charge in [-0.1, -0.05) is 19.9 Å². The minimum Gasteiger partial charge on any atom is -0.355 e. The van der Waals surface area contributed by atoms with Gasteiger partial charge in [-0.2, -0.15) is 0 Å². The Labute approximate surface area is 103 Å². The van der Waals surface area contributed by atoms with Gasteiger partial charge >= 0.3 is 0 Å². The molecular weight excluding hydrogens is 214 g/mol. The second-order valence-electron chi connectivity index (χ2n) is 5.01. The van der Waals surface area contributed by atoms with E-state index >= 15 is 0 Å². The fraction of sp³-hybridized carbons (Fsp3) is 0.538. The normalized spacial score (nSPS) is 11.2. The zero-order valence-electron chi connectivity index (χ0n) is 10.8. The molecule has 1 aromatic rings. The molecule has 0 aromatic carbocycles. The van der Waals surface area contributed by atoms with Crippen molar-refractivity contribution in [2.45, 2.75) is 20.3 Å². The lowest BCUT2D eigenvalue weighted by Gasteiger charge is -2.24. The van der Waals surface area contributed by atoms with Crippen molar-refractivity contribution in [3.8, 4) is 0 Å². The number of hydrogen-bond acceptors (Lipinski definition) is 3. The number of pyridine rings is 1. The Morgan fingerprint density at radius 2 is 2.18 bits per heavy atom. The number of nitrogens with zero attached hydrogens (tertiary/aromatic N) is 1. The molecule has 0 aliphatic rings. The highest BCUT2D eigenvalue weighted by molar-refractivity contribution is 5.78. The first-order valence-electron chi connectivity index (χ1n) is 5.84. The van der Waals surface area contributed by atoms with Gasteiger partial charge < -0.3 is 10.6 Å². The Morgan fingerprint density at radius 1 is 1.41 bits per heavy atom. The van der Waals surface area contributed by atoms with Crippen molar-refractivity contribution in [3.63, 3.8) is 0 Å². The van der Waals surface area contributed by atoms with Crippen molar-refractivity contribution < 1.29 is 4.79 Å². The largest absolute Gasteiger partial charge is 0.355 e. The molecule has 0 saturated carbocycles. The molecule has 0 radical (unpaired) electrons. The van der Waals surface area contributed by atoms with E-state index in [9.17, 15) is 4.79 Å². The summed E-state index contributed by atoms with van der Waals surface area (Å²) in [4.78, 5) is 15.7. The fourth-order valence-corrected chi connectivity index (χ4v) is 1.63. The highest BCUT2D eigenvalue weighted by atomic mass is 16.1. The van der Waals surface area contributed by atoms with E-state index in [-0.39, 0.29) is 11.3 Å². The van der Waals surface area contributed by atoms with Crippen molar-refractivity contribution in [1.82, 2.24) is 15.6 Å². The average Bonchev–Trinajstić information content (AvgIpc) is 2.28. The molecule has 0 atom stereocenters. The third kappa shape index (κ3) is 5.45. The minimum atomic E-state index is 0.0437. The summed E-state index contributed by atoms with van der Waals surface area (Å²) < 4.78 is 0. The maximum absolute atomic E-state index is 11.7. The molecule has 1 heterocycles. The molecule has 0 spiro atoms. The average molecular weight is 235 g/mol. The van der Waals surface area contributed by atoms with Crippen LogP contribution in [0.25, 0.3) is 0 Å². The van der Waals surface area contributed by atoms with Gasteiger partial charge in [-0.3, -0.25) is 9.78 Å². The number of hydrogen-bond donors (Lipinski definition) is 2. The first-order chi connectivity index (χ1) is 8.03. The summed E-state index contributed by atoms with van der Waals surface area (Å²) in [6.07, 6.45) is 3.82. The Kier molecular flexibility index (Phi) is 5.10. The minimum absolute atomic E-state index is 0.0437. The molecular formula is C13H21N3O. The summed E-state index contributed by atoms with van der Waals surface area (Å²) >= 11 is 0. The van der Waals surface area contributed by atoms with E-state index in [0.717, 1.165) is 12.1 Å². The van der Waals surface area contributed by atoms with Crippen LogP contribution in [0.15, 0.2) is 24.5 Å². The number of rotatable bonds is 6. The van der Waals surface area contributed by atoms with Crippen LogP contribution in [0.1, 0.15) is 19.4 Å². The summed E-state index contributed by atoms with van der Waals surface area (Å²) in [5.41, 5.74) is 1.01. The summed E-state index contributed by atoms with van der Waals surface area (Å²) in [5.74, 6) is 0.0437. The van der Waals surface area contributed by atoms with Crippen molar-refractivity contribution in [3.05, 3.63) is 30.1 Å². The van der Waals surface area contributed by atoms with Crippen molar-refractivity contribution in [2.75, 3.05) is 20.1 Å². The van der Waals surface area contributed by atoms with Crippen LogP contribution >= 0.6 is 0 Å². The third-order valence-corrected chi connectivity index (χ3v) is 2.51. The van der Waals surface area contributed by atoms with Gasteiger partial charge in [0.15, 0.2) is 0 Å². The van der Waals surface area contributed by atoms with Gasteiger partial charge in [0.1, 0.15) is 0 Å². The second-order valence-corrected chi connectivity index (χ2v) is 5.01. The molecule has 4 heteroatoms. The molecule has 1 amide bonds. The molecule has 17 heavy (non-hydrogen) atoms. The van der Waals surface area contributed by atoms with Crippen molar-refractivity contribution >= 4 is 5.91 Å². The number of nitrogens with one attached hydrogen (secondary N) is 2. The number of aromatic nitrogens is 1. The van der Waals surface area contributed by atoms with Crippen molar-refractivity contribution in [2.24, 2.45) is 5.41 Å². The Balaban J connectivity index is 2.36. The smallest absolute Gasteiger partial charge is 0.224 e. The fourth-order valence-electron chi connectivity index (χ4n) is 1.63. The van der Waals surface area contributed by atoms with Crippen LogP contribution in [0.4, 0.5) is 0 Å². The topological polar surface area (TPSA) is 54.0 Å². The molecule has 0 saturated heterocycles. The standard InChI is InChI=1S/C13H21N3O/c1-13(2,9-14-3)10-16-12(17)7-11-5-4-6-15-8-11/h4-6,8,14H,7,9-10H2,1-3H3,(H,16,17). The lowest BCUT2D eigenvalue weighted by Crippen LogP contribution is -2.39. The van der Waals surface area contributed by atoms with E-state index in [2.05, 4.69) is 29.5 Å². The van der Waals surface area contributed by atoms with E-state index in [1.807, 2.05) is 19.2 Å². The molecule has 0 bridgehead atoms. The molecule has 0 fully saturated rings. The van der Waals surface area contributed by atoms with Crippen LogP contribution in [-0.2, 0) is 11.2 Å². The summed E-state index contributed by atoms with van der Waals surface area (Å²) in [6, 6.07) is 3.75. The quantitative estimate of drug-likeness (QED) is 0.773. The molecule has 94 valence electrons. The van der Waals surface area contributed by atoms with Crippen LogP contribution < -0.4 is 10.6 Å². The van der Waals surface area contributed by atoms with E-state index in [4.69, 9.17) is 0 Å². The third-order valence-electron chi connectivity index (χ3n) is 2.51. The lowest BCUT2D eigenvalue weighted by atomic mass is 9.93. The number of carbonyl (C=O) groups is 1. The SMILES string of the molecule is CNCC(C)(C)CNC(=O)Cc1cccnc1. The highest BCUT2D eigenvalue weighted by Crippen LogP contribution is 2.11. The van der Waals surface area contributed by atoms with E-state index in [1.165, 1.54) is 0 Å². The molecule has 1 rings (SSSR count). The molecule has 4 nitrogen and oxygen atoms in total. The van der Waals surface area contributed by atoms with Crippen LogP contribution in [0.3, 0.4) is 0 Å². The van der Waals surface area contributed by atoms with Gasteiger partial charge in [-0.25, -0.2) is 0 Å². The van der Waals surface area contributed by atoms with E-state index in [0.29, 0.717) is 13.0 Å². The maximum Gasteiger partial charge on any atom is 0.224 e. The first kappa shape index (κ1) is 13.6. The summed E-state index contributed by atoms with van der Waals surface area (Å²) in [6.45, 7) is 5.79. The Bertz CT molecular complexity index is 349. The Morgan fingerprint density at radius 3 is 2.76 bits per heavy atom. The van der Waals surface area contributed by atoms with Crippen molar-refractivity contribution in [1.29, 1.82) is 0 Å². The van der Waals surface area contributed by atoms with E-state index in [1.54, 1.807) is 12.4 Å². The molecule has 1 aromatic heterocycles. The van der Waals surface area contributed by atoms with Gasteiger partial charge in [0.2, 0.25) is 5.91 Å². The highest BCUT2D eigenvalue weighted by Gasteiger charge is 2.17. The lowest BCUT2D eigenvalue weighted by molar-refractivity contribution is -0.120. The number of carbonyl (C=O) groups excluding carboxylic acids is 1. The van der Waals surface area contributed by atoms with Gasteiger partial charge in [-0.05, 0) is 24.1 Å². The van der Waals surface area contributed by atoms with Crippen LogP contribution in [0.5, 0.6) is 0 Å². The predicted octanol–water partition coefficient (Wildman–Crippen LogP) is 0.986. The molecule has 2 N–H and O–H groups in total. The molecule has 0 aliphatic carbocycles. The zero-order valence-corrected chi connectivity index (χ0v) is 10.8. The van der Waals surface area contributed by atoms with Crippen LogP contribution in [0.2, 0.25) is 0 Å². The summed E-state index contributed by atoms with van der Waals surface area (Å²) in [5, 5.41) is 6.07. The van der Waals surface area contributed by atoms with Gasteiger partial charge in [0, 0.05) is 25.5 Å². The van der Waals surface area contributed by atoms with Gasteiger partial charge in [0.05, 0.1) is 6.42 Å². The van der Waals surface area contributed by atoms with Crippen LogP contribution in [-0.4, -0.2) is 31.0 Å². The second kappa shape index (κ2) is 6.35. The van der Waals surface area contributed by atoms with Gasteiger partial charge in [-0.15, -0.1) is 0 Å². The number of amides is 1. The van der Waals surface area contributed by atoms with E-state index < -0.39 is 0 Å². The van der Waals surface area contributed by atoms with Gasteiger partial charge in [0.25, 0.3) is 0 Å². The predicted molar refractivity (Wildman–Crippen MR) is 68.7 cm³/mol. The monoisotopic (exact) mass is 235 g/mol. The van der Waals surface area contributed by atoms with Crippen LogP contribution in [0, 0.1) is 5.41 Å². The molecule has 0 unspecified atom stereocenters. The Hall–Kier alpha value is -1.42. The maximum atomic E-state index is 11.7.